The van der Waals surface area contributed by atoms with Crippen molar-refractivity contribution in [3.05, 3.63) is 30.2 Å². The van der Waals surface area contributed by atoms with Gasteiger partial charge in [0.2, 0.25) is 5.91 Å². The minimum atomic E-state index is -0.900. The molecular weight excluding hydrogens is 248 g/mol. The molecule has 6 heteroatoms. The summed E-state index contributed by atoms with van der Waals surface area (Å²) in [5.74, 6) is -2.00. The van der Waals surface area contributed by atoms with Crippen LogP contribution in [0.1, 0.15) is 12.0 Å². The molecule has 0 spiro atoms. The Hall–Kier alpha value is -2.37. The van der Waals surface area contributed by atoms with Crippen LogP contribution in [0, 0.1) is 11.8 Å². The minimum absolute atomic E-state index is 0.204. The standard InChI is InChI=1S/C13H12N2O4/c16-12(8-4-9(8)13(17)18)14-5-7-1-2-10-11(3-7)19-6-15-10/h1-3,6,8-9H,4-5H2,(H,14,16)(H,17,18). The first-order valence-electron chi connectivity index (χ1n) is 5.98. The number of fused-ring (bicyclic) bond motifs is 1. The van der Waals surface area contributed by atoms with Gasteiger partial charge in [-0.2, -0.15) is 0 Å². The first-order valence-corrected chi connectivity index (χ1v) is 5.98. The van der Waals surface area contributed by atoms with Gasteiger partial charge in [-0.15, -0.1) is 0 Å². The summed E-state index contributed by atoms with van der Waals surface area (Å²) in [4.78, 5) is 26.4. The maximum absolute atomic E-state index is 11.7. The maximum atomic E-state index is 11.7. The van der Waals surface area contributed by atoms with Crippen LogP contribution in [0.25, 0.3) is 11.1 Å². The summed E-state index contributed by atoms with van der Waals surface area (Å²) in [5, 5.41) is 11.5. The molecule has 1 aliphatic rings. The van der Waals surface area contributed by atoms with Gasteiger partial charge < -0.3 is 14.8 Å². The number of carboxylic acid groups (broad SMARTS) is 1. The second kappa shape index (κ2) is 4.38. The van der Waals surface area contributed by atoms with E-state index in [0.717, 1.165) is 11.1 Å². The fraction of sp³-hybridized carbons (Fsp3) is 0.308. The van der Waals surface area contributed by atoms with Gasteiger partial charge >= 0.3 is 5.97 Å². The third kappa shape index (κ3) is 2.29. The molecule has 2 aromatic rings. The van der Waals surface area contributed by atoms with E-state index < -0.39 is 11.9 Å². The SMILES string of the molecule is O=C(O)C1CC1C(=O)NCc1ccc2ncoc2c1. The van der Waals surface area contributed by atoms with Gasteiger partial charge in [0, 0.05) is 6.54 Å². The summed E-state index contributed by atoms with van der Waals surface area (Å²) in [6.07, 6.45) is 1.80. The zero-order valence-electron chi connectivity index (χ0n) is 10.00. The summed E-state index contributed by atoms with van der Waals surface area (Å²) in [7, 11) is 0. The van der Waals surface area contributed by atoms with E-state index in [-0.39, 0.29) is 11.8 Å². The number of aliphatic carboxylic acids is 1. The Morgan fingerprint density at radius 1 is 1.42 bits per heavy atom. The van der Waals surface area contributed by atoms with Crippen molar-refractivity contribution in [2.75, 3.05) is 0 Å². The van der Waals surface area contributed by atoms with Crippen molar-refractivity contribution in [2.24, 2.45) is 11.8 Å². The summed E-state index contributed by atoms with van der Waals surface area (Å²) >= 11 is 0. The average Bonchev–Trinajstić information content (AvgIpc) is 3.07. The molecule has 1 heterocycles. The number of amides is 1. The topological polar surface area (TPSA) is 92.4 Å². The van der Waals surface area contributed by atoms with Gasteiger partial charge in [0.15, 0.2) is 12.0 Å². The highest BCUT2D eigenvalue weighted by Crippen LogP contribution is 2.38. The fourth-order valence-electron chi connectivity index (χ4n) is 2.09. The molecular formula is C13H12N2O4. The Morgan fingerprint density at radius 3 is 3.00 bits per heavy atom. The Bertz CT molecular complexity index is 649. The molecule has 1 fully saturated rings. The van der Waals surface area contributed by atoms with Gasteiger partial charge in [-0.1, -0.05) is 6.07 Å². The molecule has 3 rings (SSSR count). The van der Waals surface area contributed by atoms with E-state index in [1.165, 1.54) is 6.39 Å². The number of oxazole rings is 1. The Balaban J connectivity index is 1.60. The average molecular weight is 260 g/mol. The van der Waals surface area contributed by atoms with Crippen molar-refractivity contribution >= 4 is 23.0 Å². The highest BCUT2D eigenvalue weighted by molar-refractivity contribution is 5.89. The third-order valence-corrected chi connectivity index (χ3v) is 3.31. The quantitative estimate of drug-likeness (QED) is 0.860. The number of carboxylic acids is 1. The van der Waals surface area contributed by atoms with E-state index in [2.05, 4.69) is 10.3 Å². The highest BCUT2D eigenvalue weighted by atomic mass is 16.4. The van der Waals surface area contributed by atoms with E-state index in [4.69, 9.17) is 9.52 Å². The van der Waals surface area contributed by atoms with Crippen molar-refractivity contribution in [3.8, 4) is 0 Å². The molecule has 2 N–H and O–H groups in total. The molecule has 0 radical (unpaired) electrons. The molecule has 1 aromatic heterocycles. The second-order valence-corrected chi connectivity index (χ2v) is 4.66. The van der Waals surface area contributed by atoms with Crippen molar-refractivity contribution in [2.45, 2.75) is 13.0 Å². The Morgan fingerprint density at radius 2 is 2.26 bits per heavy atom. The molecule has 2 atom stereocenters. The second-order valence-electron chi connectivity index (χ2n) is 4.66. The van der Waals surface area contributed by atoms with Crippen LogP contribution < -0.4 is 5.32 Å². The summed E-state index contributed by atoms with van der Waals surface area (Å²) in [6, 6.07) is 5.48. The lowest BCUT2D eigenvalue weighted by molar-refractivity contribution is -0.140. The van der Waals surface area contributed by atoms with Crippen LogP contribution in [-0.4, -0.2) is 22.0 Å². The molecule has 0 saturated heterocycles. The number of hydrogen-bond acceptors (Lipinski definition) is 4. The zero-order valence-corrected chi connectivity index (χ0v) is 10.00. The Kier molecular flexibility index (Phi) is 2.70. The van der Waals surface area contributed by atoms with Crippen LogP contribution in [0.15, 0.2) is 29.0 Å². The predicted octanol–water partition coefficient (Wildman–Crippen LogP) is 1.16. The van der Waals surface area contributed by atoms with Crippen LogP contribution in [0.3, 0.4) is 0 Å². The first-order chi connectivity index (χ1) is 9.15. The maximum Gasteiger partial charge on any atom is 0.307 e. The van der Waals surface area contributed by atoms with Crippen molar-refractivity contribution in [3.63, 3.8) is 0 Å². The molecule has 6 nitrogen and oxygen atoms in total. The monoisotopic (exact) mass is 260 g/mol. The number of aromatic nitrogens is 1. The molecule has 98 valence electrons. The van der Waals surface area contributed by atoms with Crippen molar-refractivity contribution in [1.82, 2.24) is 10.3 Å². The van der Waals surface area contributed by atoms with Gasteiger partial charge in [0.05, 0.1) is 11.8 Å². The van der Waals surface area contributed by atoms with Crippen LogP contribution >= 0.6 is 0 Å². The molecule has 1 saturated carbocycles. The number of hydrogen-bond donors (Lipinski definition) is 2. The fourth-order valence-corrected chi connectivity index (χ4v) is 2.09. The molecule has 1 aromatic carbocycles. The largest absolute Gasteiger partial charge is 0.481 e. The lowest BCUT2D eigenvalue weighted by atomic mass is 10.2. The van der Waals surface area contributed by atoms with Crippen LogP contribution in [0.2, 0.25) is 0 Å². The van der Waals surface area contributed by atoms with Gasteiger partial charge in [-0.25, -0.2) is 4.98 Å². The number of benzene rings is 1. The van der Waals surface area contributed by atoms with Gasteiger partial charge in [0.25, 0.3) is 0 Å². The van der Waals surface area contributed by atoms with E-state index in [1.54, 1.807) is 0 Å². The smallest absolute Gasteiger partial charge is 0.307 e. The van der Waals surface area contributed by atoms with Gasteiger partial charge in [-0.05, 0) is 24.1 Å². The van der Waals surface area contributed by atoms with E-state index in [9.17, 15) is 9.59 Å². The molecule has 0 aliphatic heterocycles. The normalized spacial score (nSPS) is 21.3. The van der Waals surface area contributed by atoms with E-state index in [0.29, 0.717) is 18.5 Å². The van der Waals surface area contributed by atoms with Crippen molar-refractivity contribution < 1.29 is 19.1 Å². The van der Waals surface area contributed by atoms with Crippen LogP contribution in [0.4, 0.5) is 0 Å². The van der Waals surface area contributed by atoms with Crippen LogP contribution in [0.5, 0.6) is 0 Å². The number of carbonyl (C=O) groups is 2. The van der Waals surface area contributed by atoms with Gasteiger partial charge in [0.1, 0.15) is 5.52 Å². The van der Waals surface area contributed by atoms with Crippen molar-refractivity contribution in [1.29, 1.82) is 0 Å². The predicted molar refractivity (Wildman–Crippen MR) is 65.1 cm³/mol. The molecule has 2 unspecified atom stereocenters. The molecule has 1 amide bonds. The van der Waals surface area contributed by atoms with E-state index >= 15 is 0 Å². The minimum Gasteiger partial charge on any atom is -0.481 e. The molecule has 0 bridgehead atoms. The summed E-state index contributed by atoms with van der Waals surface area (Å²) < 4.78 is 5.17. The zero-order chi connectivity index (χ0) is 13.4. The van der Waals surface area contributed by atoms with Gasteiger partial charge in [-0.3, -0.25) is 9.59 Å². The number of rotatable bonds is 4. The number of nitrogens with zero attached hydrogens (tertiary/aromatic N) is 1. The van der Waals surface area contributed by atoms with Crippen LogP contribution in [-0.2, 0) is 16.1 Å². The summed E-state index contributed by atoms with van der Waals surface area (Å²) in [6.45, 7) is 0.359. The first kappa shape index (κ1) is 11.7. The molecule has 1 aliphatic carbocycles. The Labute approximate surface area is 108 Å². The molecule has 19 heavy (non-hydrogen) atoms. The summed E-state index contributed by atoms with van der Waals surface area (Å²) in [5.41, 5.74) is 2.33. The highest BCUT2D eigenvalue weighted by Gasteiger charge is 2.48. The lowest BCUT2D eigenvalue weighted by Gasteiger charge is -2.04. The van der Waals surface area contributed by atoms with E-state index in [1.807, 2.05) is 18.2 Å². The number of nitrogens with one attached hydrogen (secondary N) is 1. The number of carbonyl (C=O) groups excluding carboxylic acids is 1. The lowest BCUT2D eigenvalue weighted by Crippen LogP contribution is -2.25. The third-order valence-electron chi connectivity index (χ3n) is 3.31.